The van der Waals surface area contributed by atoms with Crippen molar-refractivity contribution >= 4 is 24.0 Å². The molecule has 2 aromatic rings. The van der Waals surface area contributed by atoms with E-state index in [1.54, 1.807) is 0 Å². The van der Waals surface area contributed by atoms with Crippen LogP contribution in [0.4, 0.5) is 0 Å². The minimum Gasteiger partial charge on any atom is -0.337 e. The molecule has 3 rings (SSSR count). The highest BCUT2D eigenvalue weighted by Gasteiger charge is 2.37. The second-order valence-corrected chi connectivity index (χ2v) is 6.68. The molecule has 7 heteroatoms. The second kappa shape index (κ2) is 7.18. The van der Waals surface area contributed by atoms with Gasteiger partial charge in [0.05, 0.1) is 5.54 Å². The maximum Gasteiger partial charge on any atom is 0.248 e. The molecule has 0 radical (unpaired) electrons. The molecule has 1 saturated carbocycles. The summed E-state index contributed by atoms with van der Waals surface area (Å²) >= 11 is 6.11. The van der Waals surface area contributed by atoms with Crippen molar-refractivity contribution in [2.75, 3.05) is 14.1 Å². The minimum absolute atomic E-state index is 0. The van der Waals surface area contributed by atoms with Crippen LogP contribution in [0.2, 0.25) is 5.02 Å². The zero-order chi connectivity index (χ0) is 15.7. The number of benzene rings is 1. The normalized spacial score (nSPS) is 18.0. The second-order valence-electron chi connectivity index (χ2n) is 6.24. The van der Waals surface area contributed by atoms with E-state index >= 15 is 0 Å². The predicted molar refractivity (Wildman–Crippen MR) is 92.9 cm³/mol. The van der Waals surface area contributed by atoms with Crippen molar-refractivity contribution in [3.63, 3.8) is 0 Å². The maximum atomic E-state index is 6.41. The van der Waals surface area contributed by atoms with Crippen LogP contribution >= 0.6 is 24.0 Å². The fraction of sp³-hybridized carbons (Fsp3) is 0.500. The Hall–Kier alpha value is -1.14. The average Bonchev–Trinajstić information content (AvgIpc) is 3.09. The van der Waals surface area contributed by atoms with Crippen LogP contribution in [-0.4, -0.2) is 29.1 Å². The smallest absolute Gasteiger partial charge is 0.248 e. The van der Waals surface area contributed by atoms with Crippen molar-refractivity contribution in [3.05, 3.63) is 46.6 Å². The van der Waals surface area contributed by atoms with Crippen LogP contribution in [0.5, 0.6) is 0 Å². The van der Waals surface area contributed by atoms with Gasteiger partial charge in [-0.05, 0) is 44.6 Å². The molecule has 1 aromatic carbocycles. The Morgan fingerprint density at radius 3 is 2.61 bits per heavy atom. The molecule has 1 aliphatic rings. The van der Waals surface area contributed by atoms with E-state index in [4.69, 9.17) is 21.9 Å². The summed E-state index contributed by atoms with van der Waals surface area (Å²) < 4.78 is 5.53. The van der Waals surface area contributed by atoms with Gasteiger partial charge in [0.25, 0.3) is 0 Å². The SMILES string of the molecule is CN(C)C(c1cccc(Cl)c1)c1nc(C2(N)CCCC2)no1.Cl. The van der Waals surface area contributed by atoms with Crippen molar-refractivity contribution in [2.45, 2.75) is 37.3 Å². The number of nitrogens with two attached hydrogens (primary N) is 1. The molecular formula is C16H22Cl2N4O. The molecule has 0 aliphatic heterocycles. The maximum absolute atomic E-state index is 6.41. The standard InChI is InChI=1S/C16H21ClN4O.ClH/c1-21(2)13(11-6-5-7-12(17)10-11)14-19-15(20-22-14)16(18)8-3-4-9-16;/h5-7,10,13H,3-4,8-9,18H2,1-2H3;1H. The molecule has 126 valence electrons. The number of rotatable bonds is 4. The quantitative estimate of drug-likeness (QED) is 0.907. The van der Waals surface area contributed by atoms with Gasteiger partial charge in [-0.3, -0.25) is 4.90 Å². The van der Waals surface area contributed by atoms with E-state index < -0.39 is 5.54 Å². The van der Waals surface area contributed by atoms with Gasteiger partial charge in [0.1, 0.15) is 6.04 Å². The Morgan fingerprint density at radius 2 is 2.00 bits per heavy atom. The molecule has 0 spiro atoms. The fourth-order valence-corrected chi connectivity index (χ4v) is 3.32. The van der Waals surface area contributed by atoms with Crippen LogP contribution < -0.4 is 5.73 Å². The van der Waals surface area contributed by atoms with E-state index in [1.165, 1.54) is 0 Å². The summed E-state index contributed by atoms with van der Waals surface area (Å²) in [7, 11) is 3.95. The molecule has 1 aliphatic carbocycles. The Bertz CT molecular complexity index is 653. The van der Waals surface area contributed by atoms with E-state index in [0.717, 1.165) is 31.2 Å². The summed E-state index contributed by atoms with van der Waals surface area (Å²) in [6, 6.07) is 7.57. The molecule has 0 bridgehead atoms. The number of hydrogen-bond acceptors (Lipinski definition) is 5. The van der Waals surface area contributed by atoms with Gasteiger partial charge in [-0.25, -0.2) is 0 Å². The number of hydrogen-bond donors (Lipinski definition) is 1. The van der Waals surface area contributed by atoms with Gasteiger partial charge < -0.3 is 10.3 Å². The Labute approximate surface area is 147 Å². The van der Waals surface area contributed by atoms with Gasteiger partial charge in [0.2, 0.25) is 5.89 Å². The van der Waals surface area contributed by atoms with E-state index in [1.807, 2.05) is 43.3 Å². The molecular weight excluding hydrogens is 335 g/mol. The predicted octanol–water partition coefficient (Wildman–Crippen LogP) is 3.52. The largest absolute Gasteiger partial charge is 0.337 e. The number of nitrogens with zero attached hydrogens (tertiary/aromatic N) is 3. The lowest BCUT2D eigenvalue weighted by atomic mass is 9.98. The van der Waals surface area contributed by atoms with Crippen LogP contribution in [0.1, 0.15) is 49.0 Å². The highest BCUT2D eigenvalue weighted by atomic mass is 35.5. The third-order valence-corrected chi connectivity index (χ3v) is 4.53. The molecule has 0 saturated heterocycles. The lowest BCUT2D eigenvalue weighted by Crippen LogP contribution is -2.34. The lowest BCUT2D eigenvalue weighted by molar-refractivity contribution is 0.259. The van der Waals surface area contributed by atoms with Gasteiger partial charge in [-0.2, -0.15) is 4.98 Å². The highest BCUT2D eigenvalue weighted by molar-refractivity contribution is 6.30. The number of aromatic nitrogens is 2. The van der Waals surface area contributed by atoms with Crippen LogP contribution in [0, 0.1) is 0 Å². The molecule has 5 nitrogen and oxygen atoms in total. The van der Waals surface area contributed by atoms with Gasteiger partial charge in [0.15, 0.2) is 5.82 Å². The van der Waals surface area contributed by atoms with E-state index in [-0.39, 0.29) is 18.4 Å². The zero-order valence-electron chi connectivity index (χ0n) is 13.3. The third kappa shape index (κ3) is 3.69. The highest BCUT2D eigenvalue weighted by Crippen LogP contribution is 2.36. The van der Waals surface area contributed by atoms with Crippen molar-refractivity contribution in [1.29, 1.82) is 0 Å². The molecule has 2 N–H and O–H groups in total. The van der Waals surface area contributed by atoms with Gasteiger partial charge in [-0.1, -0.05) is 41.7 Å². The summed E-state index contributed by atoms with van der Waals surface area (Å²) in [5.74, 6) is 1.17. The Kier molecular flexibility index (Phi) is 5.68. The van der Waals surface area contributed by atoms with Crippen molar-refractivity contribution < 1.29 is 4.52 Å². The van der Waals surface area contributed by atoms with Gasteiger partial charge in [0, 0.05) is 5.02 Å². The first-order chi connectivity index (χ1) is 10.5. The molecule has 1 unspecified atom stereocenters. The lowest BCUT2D eigenvalue weighted by Gasteiger charge is -2.21. The van der Waals surface area contributed by atoms with E-state index in [0.29, 0.717) is 16.7 Å². The Morgan fingerprint density at radius 1 is 1.30 bits per heavy atom. The first kappa shape index (κ1) is 18.2. The van der Waals surface area contributed by atoms with Gasteiger partial charge in [-0.15, -0.1) is 12.4 Å². The minimum atomic E-state index is -0.438. The van der Waals surface area contributed by atoms with Crippen LogP contribution in [0.25, 0.3) is 0 Å². The van der Waals surface area contributed by atoms with Gasteiger partial charge >= 0.3 is 0 Å². The van der Waals surface area contributed by atoms with Crippen molar-refractivity contribution in [3.8, 4) is 0 Å². The zero-order valence-corrected chi connectivity index (χ0v) is 14.9. The summed E-state index contributed by atoms with van der Waals surface area (Å²) in [5, 5.41) is 4.84. The van der Waals surface area contributed by atoms with Crippen LogP contribution in [0.15, 0.2) is 28.8 Å². The summed E-state index contributed by atoms with van der Waals surface area (Å²) in [6.07, 6.45) is 4.06. The molecule has 23 heavy (non-hydrogen) atoms. The fourth-order valence-electron chi connectivity index (χ4n) is 3.12. The van der Waals surface area contributed by atoms with Crippen molar-refractivity contribution in [1.82, 2.24) is 15.0 Å². The molecule has 1 aromatic heterocycles. The first-order valence-corrected chi connectivity index (χ1v) is 7.92. The first-order valence-electron chi connectivity index (χ1n) is 7.54. The van der Waals surface area contributed by atoms with E-state index in [9.17, 15) is 0 Å². The van der Waals surface area contributed by atoms with Crippen molar-refractivity contribution in [2.24, 2.45) is 5.73 Å². The van der Waals surface area contributed by atoms with E-state index in [2.05, 4.69) is 10.1 Å². The topological polar surface area (TPSA) is 68.2 Å². The summed E-state index contributed by atoms with van der Waals surface area (Å²) in [4.78, 5) is 6.63. The average molecular weight is 357 g/mol. The summed E-state index contributed by atoms with van der Waals surface area (Å²) in [5.41, 5.74) is 6.99. The molecule has 1 fully saturated rings. The molecule has 1 heterocycles. The molecule has 1 atom stereocenters. The number of halogens is 2. The van der Waals surface area contributed by atoms with Crippen LogP contribution in [0.3, 0.4) is 0 Å². The Balaban J connectivity index is 0.00000192. The summed E-state index contributed by atoms with van der Waals surface area (Å²) in [6.45, 7) is 0. The molecule has 0 amide bonds. The van der Waals surface area contributed by atoms with Crippen LogP contribution in [-0.2, 0) is 5.54 Å². The monoisotopic (exact) mass is 356 g/mol. The third-order valence-electron chi connectivity index (χ3n) is 4.30.